The van der Waals surface area contributed by atoms with E-state index in [-0.39, 0.29) is 24.2 Å². The van der Waals surface area contributed by atoms with Gasteiger partial charge >= 0.3 is 0 Å². The van der Waals surface area contributed by atoms with E-state index < -0.39 is 9.84 Å². The maximum Gasteiger partial charge on any atom is 0.233 e. The molecule has 8 nitrogen and oxygen atoms in total. The summed E-state index contributed by atoms with van der Waals surface area (Å²) in [6, 6.07) is 3.76. The summed E-state index contributed by atoms with van der Waals surface area (Å²) >= 11 is 0. The van der Waals surface area contributed by atoms with E-state index in [0.717, 1.165) is 36.9 Å². The highest BCUT2D eigenvalue weighted by Gasteiger charge is 2.27. The molecule has 1 atom stereocenters. The van der Waals surface area contributed by atoms with Gasteiger partial charge in [0.05, 0.1) is 18.0 Å². The Hall–Kier alpha value is -2.52. The van der Waals surface area contributed by atoms with Crippen molar-refractivity contribution in [3.63, 3.8) is 0 Å². The molecular weight excluding hydrogens is 414 g/mol. The van der Waals surface area contributed by atoms with Crippen molar-refractivity contribution in [3.05, 3.63) is 47.9 Å². The maximum absolute atomic E-state index is 12.1. The van der Waals surface area contributed by atoms with Gasteiger partial charge in [0.1, 0.15) is 0 Å². The second-order valence-electron chi connectivity index (χ2n) is 8.50. The van der Waals surface area contributed by atoms with E-state index >= 15 is 0 Å². The molecule has 2 N–H and O–H groups in total. The molecule has 1 amide bonds. The Morgan fingerprint density at radius 1 is 1.19 bits per heavy atom. The minimum Gasteiger partial charge on any atom is -0.355 e. The summed E-state index contributed by atoms with van der Waals surface area (Å²) in [5.74, 6) is 0.817. The highest BCUT2D eigenvalue weighted by atomic mass is 32.2. The number of amides is 1. The first-order chi connectivity index (χ1) is 14.9. The molecule has 0 spiro atoms. The minimum absolute atomic E-state index is 0.0271. The van der Waals surface area contributed by atoms with Crippen LogP contribution in [0, 0.1) is 5.92 Å². The molecule has 2 aliphatic rings. The third kappa shape index (κ3) is 5.59. The van der Waals surface area contributed by atoms with Gasteiger partial charge < -0.3 is 10.6 Å². The molecule has 2 aromatic rings. The molecule has 1 aliphatic carbocycles. The Morgan fingerprint density at radius 3 is 2.61 bits per heavy atom. The molecule has 1 aliphatic heterocycles. The minimum atomic E-state index is -3.10. The highest BCUT2D eigenvalue weighted by molar-refractivity contribution is 7.94. The summed E-state index contributed by atoms with van der Waals surface area (Å²) in [7, 11) is -1.15. The van der Waals surface area contributed by atoms with Crippen molar-refractivity contribution in [3.8, 4) is 11.1 Å². The van der Waals surface area contributed by atoms with Gasteiger partial charge in [0, 0.05) is 55.1 Å². The molecule has 4 rings (SSSR count). The molecule has 9 heteroatoms. The number of nitrogens with zero attached hydrogens (tertiary/aromatic N) is 3. The number of carbonyl (C=O) groups is 1. The molecule has 0 unspecified atom stereocenters. The number of hydrogen-bond acceptors (Lipinski definition) is 6. The highest BCUT2D eigenvalue weighted by Crippen LogP contribution is 2.38. The van der Waals surface area contributed by atoms with Crippen molar-refractivity contribution in [2.45, 2.75) is 37.6 Å². The summed E-state index contributed by atoms with van der Waals surface area (Å²) < 4.78 is 24.7. The predicted molar refractivity (Wildman–Crippen MR) is 119 cm³/mol. The average molecular weight is 444 g/mol. The Labute approximate surface area is 183 Å². The molecule has 1 fully saturated rings. The number of aromatic nitrogens is 3. The monoisotopic (exact) mass is 443 g/mol. The van der Waals surface area contributed by atoms with Crippen LogP contribution in [0.15, 0.2) is 42.2 Å². The summed E-state index contributed by atoms with van der Waals surface area (Å²) in [5, 5.41) is 11.9. The zero-order chi connectivity index (χ0) is 21.8. The Morgan fingerprint density at radius 2 is 1.94 bits per heavy atom. The number of aryl methyl sites for hydroxylation is 1. The van der Waals surface area contributed by atoms with Gasteiger partial charge in [-0.2, -0.15) is 5.10 Å². The van der Waals surface area contributed by atoms with Crippen LogP contribution in [0.25, 0.3) is 11.1 Å². The number of rotatable bonds is 7. The lowest BCUT2D eigenvalue weighted by atomic mass is 9.79. The number of nitrogens with one attached hydrogen (secondary N) is 2. The van der Waals surface area contributed by atoms with Crippen LogP contribution in [-0.2, 0) is 21.7 Å². The molecule has 0 radical (unpaired) electrons. The lowest BCUT2D eigenvalue weighted by Crippen LogP contribution is -2.41. The molecule has 0 bridgehead atoms. The normalized spacial score (nSPS) is 24.9. The molecule has 2 aromatic heterocycles. The summed E-state index contributed by atoms with van der Waals surface area (Å²) in [5.41, 5.74) is 3.47. The van der Waals surface area contributed by atoms with Gasteiger partial charge in [0.2, 0.25) is 5.91 Å². The zero-order valence-corrected chi connectivity index (χ0v) is 18.5. The number of sulfone groups is 1. The van der Waals surface area contributed by atoms with Gasteiger partial charge in [0.25, 0.3) is 0 Å². The smallest absolute Gasteiger partial charge is 0.233 e. The van der Waals surface area contributed by atoms with Crippen molar-refractivity contribution < 1.29 is 13.2 Å². The predicted octanol–water partition coefficient (Wildman–Crippen LogP) is 1.77. The van der Waals surface area contributed by atoms with Gasteiger partial charge in [-0.15, -0.1) is 0 Å². The van der Waals surface area contributed by atoms with E-state index in [9.17, 15) is 13.2 Å². The van der Waals surface area contributed by atoms with E-state index in [0.29, 0.717) is 18.4 Å². The van der Waals surface area contributed by atoms with Crippen molar-refractivity contribution in [1.82, 2.24) is 25.4 Å². The van der Waals surface area contributed by atoms with Crippen LogP contribution in [0.3, 0.4) is 0 Å². The van der Waals surface area contributed by atoms with Crippen molar-refractivity contribution in [2.75, 3.05) is 18.8 Å². The Bertz CT molecular complexity index is 1040. The summed E-state index contributed by atoms with van der Waals surface area (Å²) in [6.07, 6.45) is 11.5. The fourth-order valence-corrected chi connectivity index (χ4v) is 5.72. The molecule has 0 aromatic carbocycles. The van der Waals surface area contributed by atoms with E-state index in [1.165, 1.54) is 11.0 Å². The summed E-state index contributed by atoms with van der Waals surface area (Å²) in [4.78, 5) is 16.2. The molecule has 166 valence electrons. The lowest BCUT2D eigenvalue weighted by Gasteiger charge is -2.28. The zero-order valence-electron chi connectivity index (χ0n) is 17.7. The second kappa shape index (κ2) is 9.32. The lowest BCUT2D eigenvalue weighted by molar-refractivity contribution is -0.120. The maximum atomic E-state index is 12.1. The molecule has 0 saturated heterocycles. The largest absolute Gasteiger partial charge is 0.355 e. The van der Waals surface area contributed by atoms with Gasteiger partial charge in [-0.3, -0.25) is 14.5 Å². The summed E-state index contributed by atoms with van der Waals surface area (Å²) in [6.45, 7) is 0.786. The van der Waals surface area contributed by atoms with Crippen LogP contribution in [0.2, 0.25) is 0 Å². The van der Waals surface area contributed by atoms with Crippen LogP contribution in [0.4, 0.5) is 0 Å². The van der Waals surface area contributed by atoms with E-state index in [1.54, 1.807) is 6.08 Å². The average Bonchev–Trinajstić information content (AvgIpc) is 3.33. The first-order valence-corrected chi connectivity index (χ1v) is 12.5. The Balaban J connectivity index is 1.24. The molecule has 3 heterocycles. The van der Waals surface area contributed by atoms with Crippen LogP contribution in [0.1, 0.15) is 37.3 Å². The SMILES string of the molecule is Cn1cc(-c2ccncc2)c(C2CCC(CNC(=O)CN[C@@H]3C=CS(=O)(=O)C3)CC2)n1. The van der Waals surface area contributed by atoms with Crippen LogP contribution >= 0.6 is 0 Å². The number of hydrogen-bond donors (Lipinski definition) is 2. The number of carbonyl (C=O) groups excluding carboxylic acids is 1. The van der Waals surface area contributed by atoms with Gasteiger partial charge in [-0.1, -0.05) is 6.08 Å². The third-order valence-corrected chi connectivity index (χ3v) is 7.52. The first kappa shape index (κ1) is 21.7. The fourth-order valence-electron chi connectivity index (χ4n) is 4.45. The number of pyridine rings is 1. The van der Waals surface area contributed by atoms with Crippen LogP contribution in [-0.4, -0.2) is 54.0 Å². The quantitative estimate of drug-likeness (QED) is 0.676. The van der Waals surface area contributed by atoms with Gasteiger partial charge in [-0.05, 0) is 49.3 Å². The van der Waals surface area contributed by atoms with Crippen LogP contribution < -0.4 is 10.6 Å². The van der Waals surface area contributed by atoms with Crippen molar-refractivity contribution in [1.29, 1.82) is 0 Å². The fraction of sp³-hybridized carbons (Fsp3) is 0.500. The van der Waals surface area contributed by atoms with Crippen LogP contribution in [0.5, 0.6) is 0 Å². The standard InChI is InChI=1S/C22H29N5O3S/c1-27-14-20(17-6-9-23-10-7-17)22(26-27)18-4-2-16(3-5-18)12-25-21(28)13-24-19-8-11-31(29,30)15-19/h6-11,14,16,18-19,24H,2-5,12-13,15H2,1H3,(H,25,28)/t16?,18?,19-/m1/s1. The van der Waals surface area contributed by atoms with Gasteiger partial charge in [0.15, 0.2) is 9.84 Å². The van der Waals surface area contributed by atoms with E-state index in [1.807, 2.05) is 36.3 Å². The first-order valence-electron chi connectivity index (χ1n) is 10.7. The molecule has 1 saturated carbocycles. The third-order valence-electron chi connectivity index (χ3n) is 6.12. The van der Waals surface area contributed by atoms with Crippen molar-refractivity contribution >= 4 is 15.7 Å². The van der Waals surface area contributed by atoms with E-state index in [4.69, 9.17) is 5.10 Å². The molecular formula is C22H29N5O3S. The molecule has 31 heavy (non-hydrogen) atoms. The topological polar surface area (TPSA) is 106 Å². The second-order valence-corrected chi connectivity index (χ2v) is 10.4. The van der Waals surface area contributed by atoms with Gasteiger partial charge in [-0.25, -0.2) is 8.42 Å². The van der Waals surface area contributed by atoms with Crippen molar-refractivity contribution in [2.24, 2.45) is 13.0 Å². The Kier molecular flexibility index (Phi) is 6.52. The van der Waals surface area contributed by atoms with E-state index in [2.05, 4.69) is 21.8 Å².